The maximum Gasteiger partial charge on any atom is 0.272 e. The third-order valence-electron chi connectivity index (χ3n) is 3.28. The number of hydrogen-bond acceptors (Lipinski definition) is 4. The molecule has 1 N–H and O–H groups in total. The molecule has 3 aromatic rings. The van der Waals surface area contributed by atoms with E-state index in [0.29, 0.717) is 4.77 Å². The summed E-state index contributed by atoms with van der Waals surface area (Å²) in [6.45, 7) is 2.13. The van der Waals surface area contributed by atoms with Crippen molar-refractivity contribution >= 4 is 45.1 Å². The number of aromatic amines is 1. The molecular weight excluding hydrogens is 308 g/mol. The van der Waals surface area contributed by atoms with Crippen LogP contribution in [0.1, 0.15) is 30.7 Å². The molecule has 3 nitrogen and oxygen atoms in total. The van der Waals surface area contributed by atoms with E-state index in [1.807, 2.05) is 22.9 Å². The first kappa shape index (κ1) is 13.7. The van der Waals surface area contributed by atoms with Gasteiger partial charge in [0.05, 0.1) is 11.6 Å². The summed E-state index contributed by atoms with van der Waals surface area (Å²) < 4.78 is 2.99. The summed E-state index contributed by atoms with van der Waals surface area (Å²) >= 11 is 8.55. The largest absolute Gasteiger partial charge is 0.331 e. The third kappa shape index (κ3) is 2.28. The zero-order valence-electron chi connectivity index (χ0n) is 11.0. The van der Waals surface area contributed by atoms with Crippen molar-refractivity contribution in [3.63, 3.8) is 0 Å². The SMILES string of the molecule is CCCC(c1cccs1)n1c(=S)[nH]c2ccsc2c1=O. The molecule has 0 bridgehead atoms. The Morgan fingerprint density at radius 2 is 2.20 bits per heavy atom. The van der Waals surface area contributed by atoms with Gasteiger partial charge in [-0.3, -0.25) is 9.36 Å². The molecule has 3 heterocycles. The fourth-order valence-corrected chi connectivity index (χ4v) is 4.34. The lowest BCUT2D eigenvalue weighted by Gasteiger charge is -2.18. The minimum atomic E-state index is 0.0191. The Kier molecular flexibility index (Phi) is 3.87. The van der Waals surface area contributed by atoms with Crippen molar-refractivity contribution in [2.75, 3.05) is 0 Å². The second-order valence-electron chi connectivity index (χ2n) is 4.59. The van der Waals surface area contributed by atoms with Crippen LogP contribution in [-0.2, 0) is 0 Å². The van der Waals surface area contributed by atoms with E-state index in [0.717, 1.165) is 23.1 Å². The highest BCUT2D eigenvalue weighted by atomic mass is 32.1. The Balaban J connectivity index is 2.25. The van der Waals surface area contributed by atoms with Gasteiger partial charge in [0.15, 0.2) is 4.77 Å². The van der Waals surface area contributed by atoms with Crippen LogP contribution in [0.2, 0.25) is 0 Å². The van der Waals surface area contributed by atoms with Crippen LogP contribution < -0.4 is 5.56 Å². The fourth-order valence-electron chi connectivity index (χ4n) is 2.39. The lowest BCUT2D eigenvalue weighted by Crippen LogP contribution is -2.26. The Bertz CT molecular complexity index is 826. The zero-order chi connectivity index (χ0) is 14.1. The summed E-state index contributed by atoms with van der Waals surface area (Å²) in [4.78, 5) is 17.1. The number of hydrogen-bond donors (Lipinski definition) is 1. The lowest BCUT2D eigenvalue weighted by molar-refractivity contribution is 0.517. The molecule has 3 aromatic heterocycles. The molecule has 0 amide bonds. The van der Waals surface area contributed by atoms with Crippen LogP contribution in [0.15, 0.2) is 33.8 Å². The number of rotatable bonds is 4. The van der Waals surface area contributed by atoms with E-state index in [4.69, 9.17) is 12.2 Å². The predicted molar refractivity (Wildman–Crippen MR) is 88.6 cm³/mol. The van der Waals surface area contributed by atoms with Crippen LogP contribution in [-0.4, -0.2) is 9.55 Å². The van der Waals surface area contributed by atoms with E-state index < -0.39 is 0 Å². The lowest BCUT2D eigenvalue weighted by atomic mass is 10.1. The normalized spacial score (nSPS) is 12.8. The molecule has 3 rings (SSSR count). The Morgan fingerprint density at radius 1 is 1.35 bits per heavy atom. The minimum absolute atomic E-state index is 0.0191. The van der Waals surface area contributed by atoms with Crippen molar-refractivity contribution in [1.82, 2.24) is 9.55 Å². The summed E-state index contributed by atoms with van der Waals surface area (Å²) in [6, 6.07) is 6.03. The highest BCUT2D eigenvalue weighted by Gasteiger charge is 2.18. The fraction of sp³-hybridized carbons (Fsp3) is 0.286. The van der Waals surface area contributed by atoms with Crippen LogP contribution in [0.25, 0.3) is 10.2 Å². The molecule has 0 aliphatic heterocycles. The minimum Gasteiger partial charge on any atom is -0.331 e. The van der Waals surface area contributed by atoms with E-state index in [1.54, 1.807) is 15.9 Å². The van der Waals surface area contributed by atoms with Gasteiger partial charge >= 0.3 is 0 Å². The second-order valence-corrected chi connectivity index (χ2v) is 6.87. The highest BCUT2D eigenvalue weighted by molar-refractivity contribution is 7.71. The number of fused-ring (bicyclic) bond motifs is 1. The predicted octanol–water partition coefficient (Wildman–Crippen LogP) is 4.57. The quantitative estimate of drug-likeness (QED) is 0.714. The molecule has 0 spiro atoms. The molecule has 1 atom stereocenters. The van der Waals surface area contributed by atoms with Crippen molar-refractivity contribution in [2.45, 2.75) is 25.8 Å². The van der Waals surface area contributed by atoms with E-state index >= 15 is 0 Å². The molecular formula is C14H14N2OS3. The molecule has 0 fully saturated rings. The molecule has 0 aliphatic carbocycles. The van der Waals surface area contributed by atoms with E-state index in [1.165, 1.54) is 16.2 Å². The van der Waals surface area contributed by atoms with Crippen molar-refractivity contribution < 1.29 is 0 Å². The Hall–Kier alpha value is -1.24. The van der Waals surface area contributed by atoms with Gasteiger partial charge in [0, 0.05) is 4.88 Å². The summed E-state index contributed by atoms with van der Waals surface area (Å²) in [6.07, 6.45) is 1.92. The monoisotopic (exact) mass is 322 g/mol. The van der Waals surface area contributed by atoms with Gasteiger partial charge in [-0.05, 0) is 41.5 Å². The Morgan fingerprint density at radius 3 is 2.90 bits per heavy atom. The number of nitrogens with zero attached hydrogens (tertiary/aromatic N) is 1. The van der Waals surface area contributed by atoms with Gasteiger partial charge in [0.1, 0.15) is 4.70 Å². The van der Waals surface area contributed by atoms with Gasteiger partial charge in [0.2, 0.25) is 0 Å². The topological polar surface area (TPSA) is 37.8 Å². The summed E-state index contributed by atoms with van der Waals surface area (Å²) in [7, 11) is 0. The molecule has 0 aliphatic rings. The van der Waals surface area contributed by atoms with Gasteiger partial charge in [-0.25, -0.2) is 0 Å². The smallest absolute Gasteiger partial charge is 0.272 e. The summed E-state index contributed by atoms with van der Waals surface area (Å²) in [5, 5.41) is 3.96. The van der Waals surface area contributed by atoms with Gasteiger partial charge in [-0.2, -0.15) is 0 Å². The van der Waals surface area contributed by atoms with Gasteiger partial charge < -0.3 is 4.98 Å². The van der Waals surface area contributed by atoms with Crippen LogP contribution >= 0.6 is 34.9 Å². The van der Waals surface area contributed by atoms with Crippen molar-refractivity contribution in [2.24, 2.45) is 0 Å². The van der Waals surface area contributed by atoms with Crippen molar-refractivity contribution in [1.29, 1.82) is 0 Å². The molecule has 0 radical (unpaired) electrons. The van der Waals surface area contributed by atoms with E-state index in [-0.39, 0.29) is 11.6 Å². The average Bonchev–Trinajstić information content (AvgIpc) is 3.08. The van der Waals surface area contributed by atoms with Crippen molar-refractivity contribution in [3.8, 4) is 0 Å². The first-order chi connectivity index (χ1) is 9.72. The Labute approximate surface area is 129 Å². The molecule has 20 heavy (non-hydrogen) atoms. The molecule has 104 valence electrons. The van der Waals surface area contributed by atoms with Crippen LogP contribution in [0.5, 0.6) is 0 Å². The van der Waals surface area contributed by atoms with Gasteiger partial charge in [0.25, 0.3) is 5.56 Å². The molecule has 1 unspecified atom stereocenters. The molecule has 6 heteroatoms. The zero-order valence-corrected chi connectivity index (χ0v) is 13.4. The molecule has 0 saturated carbocycles. The number of nitrogens with one attached hydrogen (secondary N) is 1. The third-order valence-corrected chi connectivity index (χ3v) is 5.46. The van der Waals surface area contributed by atoms with Crippen molar-refractivity contribution in [3.05, 3.63) is 49.0 Å². The standard InChI is InChI=1S/C14H14N2OS3/c1-2-4-10(11-5-3-7-19-11)16-13(17)12-9(6-8-20-12)15-14(16)18/h3,5-8,10H,2,4H2,1H3,(H,15,18). The summed E-state index contributed by atoms with van der Waals surface area (Å²) in [5.74, 6) is 0. The highest BCUT2D eigenvalue weighted by Crippen LogP contribution is 2.27. The first-order valence-electron chi connectivity index (χ1n) is 6.47. The van der Waals surface area contributed by atoms with Crippen LogP contribution in [0.4, 0.5) is 0 Å². The number of H-pyrrole nitrogens is 1. The average molecular weight is 322 g/mol. The molecule has 0 saturated heterocycles. The van der Waals surface area contributed by atoms with Crippen LogP contribution in [0, 0.1) is 4.77 Å². The second kappa shape index (κ2) is 5.63. The molecule has 0 aromatic carbocycles. The van der Waals surface area contributed by atoms with Crippen LogP contribution in [0.3, 0.4) is 0 Å². The maximum atomic E-state index is 12.7. The van der Waals surface area contributed by atoms with Gasteiger partial charge in [-0.15, -0.1) is 22.7 Å². The number of aromatic nitrogens is 2. The maximum absolute atomic E-state index is 12.7. The number of thiophene rings is 2. The van der Waals surface area contributed by atoms with E-state index in [9.17, 15) is 4.79 Å². The van der Waals surface area contributed by atoms with E-state index in [2.05, 4.69) is 18.0 Å². The van der Waals surface area contributed by atoms with Gasteiger partial charge in [-0.1, -0.05) is 19.4 Å². The summed E-state index contributed by atoms with van der Waals surface area (Å²) in [5.41, 5.74) is 0.855. The first-order valence-corrected chi connectivity index (χ1v) is 8.64.